The fourth-order valence-corrected chi connectivity index (χ4v) is 5.31. The first-order chi connectivity index (χ1) is 15.5. The van der Waals surface area contributed by atoms with Gasteiger partial charge in [-0.3, -0.25) is 13.8 Å². The van der Waals surface area contributed by atoms with Crippen molar-refractivity contribution < 1.29 is 22.2 Å². The zero-order chi connectivity index (χ0) is 23.0. The Kier molecular flexibility index (Phi) is 11.5. The fraction of sp³-hybridized carbons (Fsp3) is 0.462. The molecule has 7 heteroatoms. The van der Waals surface area contributed by atoms with Crippen LogP contribution in [0.15, 0.2) is 47.4 Å². The number of hydrogen-bond acceptors (Lipinski definition) is 5. The predicted octanol–water partition coefficient (Wildman–Crippen LogP) is 5.44. The van der Waals surface area contributed by atoms with E-state index in [0.717, 1.165) is 19.3 Å². The molecule has 2 aromatic rings. The number of benzene rings is 2. The van der Waals surface area contributed by atoms with E-state index in [4.69, 9.17) is 4.18 Å². The van der Waals surface area contributed by atoms with Gasteiger partial charge >= 0.3 is 29.6 Å². The average Bonchev–Trinajstić information content (AvgIpc) is 2.80. The third-order valence-corrected chi connectivity index (χ3v) is 7.28. The molecule has 174 valence electrons. The molecule has 0 aromatic heterocycles. The molecule has 1 aliphatic carbocycles. The van der Waals surface area contributed by atoms with Gasteiger partial charge in [-0.15, -0.1) is 0 Å². The first kappa shape index (κ1) is 27.9. The Labute approximate surface area is 219 Å². The molecular formula is C26H33NaO5S. The second-order valence-corrected chi connectivity index (χ2v) is 9.92. The van der Waals surface area contributed by atoms with Crippen molar-refractivity contribution in [3.63, 3.8) is 0 Å². The van der Waals surface area contributed by atoms with Crippen LogP contribution in [0.4, 0.5) is 0 Å². The van der Waals surface area contributed by atoms with Crippen LogP contribution in [0.3, 0.4) is 0 Å². The number of hydrogen-bond donors (Lipinski definition) is 0. The topological polar surface area (TPSA) is 77.5 Å². The van der Waals surface area contributed by atoms with Gasteiger partial charge in [-0.25, -0.2) is 0 Å². The quantitative estimate of drug-likeness (QED) is 0.185. The SMILES string of the molecule is CCCCCCCCCCCCOS(=O)(=O)c1cccc2c1C(=O)c1ccccc1C2=O.[NaH]. The number of fused-ring (bicyclic) bond motifs is 2. The number of carbonyl (C=O) groups excluding carboxylic acids is 2. The molecule has 0 aliphatic heterocycles. The van der Waals surface area contributed by atoms with Gasteiger partial charge in [0.25, 0.3) is 10.1 Å². The van der Waals surface area contributed by atoms with Gasteiger partial charge in [0.2, 0.25) is 0 Å². The Morgan fingerprint density at radius 2 is 1.18 bits per heavy atom. The van der Waals surface area contributed by atoms with Crippen molar-refractivity contribution >= 4 is 51.2 Å². The van der Waals surface area contributed by atoms with Crippen molar-refractivity contribution in [2.45, 2.75) is 76.0 Å². The van der Waals surface area contributed by atoms with Crippen LogP contribution in [0.5, 0.6) is 0 Å². The second kappa shape index (κ2) is 13.5. The molecule has 0 atom stereocenters. The molecule has 0 spiro atoms. The summed E-state index contributed by atoms with van der Waals surface area (Å²) in [6.07, 6.45) is 11.4. The zero-order valence-corrected chi connectivity index (χ0v) is 19.6. The minimum absolute atomic E-state index is 0. The monoisotopic (exact) mass is 480 g/mol. The van der Waals surface area contributed by atoms with Crippen LogP contribution in [0, 0.1) is 0 Å². The molecule has 1 aliphatic rings. The van der Waals surface area contributed by atoms with Gasteiger partial charge in [0.1, 0.15) is 4.90 Å². The number of unbranched alkanes of at least 4 members (excludes halogenated alkanes) is 9. The van der Waals surface area contributed by atoms with E-state index in [0.29, 0.717) is 12.0 Å². The van der Waals surface area contributed by atoms with Crippen LogP contribution < -0.4 is 0 Å². The van der Waals surface area contributed by atoms with Gasteiger partial charge in [0, 0.05) is 16.7 Å². The number of carbonyl (C=O) groups is 2. The number of rotatable bonds is 13. The molecule has 0 heterocycles. The van der Waals surface area contributed by atoms with Crippen LogP contribution in [-0.4, -0.2) is 56.1 Å². The summed E-state index contributed by atoms with van der Waals surface area (Å²) in [6, 6.07) is 10.8. The molecule has 5 nitrogen and oxygen atoms in total. The maximum atomic E-state index is 13.0. The normalized spacial score (nSPS) is 12.8. The summed E-state index contributed by atoms with van der Waals surface area (Å²) in [4.78, 5) is 25.6. The Morgan fingerprint density at radius 1 is 0.667 bits per heavy atom. The molecule has 0 unspecified atom stereocenters. The molecule has 0 bridgehead atoms. The van der Waals surface area contributed by atoms with Gasteiger partial charge in [0.15, 0.2) is 11.6 Å². The Hall–Kier alpha value is -1.31. The van der Waals surface area contributed by atoms with Gasteiger partial charge < -0.3 is 0 Å². The van der Waals surface area contributed by atoms with Crippen LogP contribution in [0.2, 0.25) is 0 Å². The van der Waals surface area contributed by atoms with Crippen molar-refractivity contribution in [2.75, 3.05) is 6.61 Å². The van der Waals surface area contributed by atoms with Gasteiger partial charge in [-0.2, -0.15) is 8.42 Å². The van der Waals surface area contributed by atoms with Gasteiger partial charge in [-0.1, -0.05) is 101 Å². The zero-order valence-electron chi connectivity index (χ0n) is 18.8. The van der Waals surface area contributed by atoms with Crippen molar-refractivity contribution in [3.8, 4) is 0 Å². The molecule has 0 radical (unpaired) electrons. The van der Waals surface area contributed by atoms with Crippen LogP contribution in [0.25, 0.3) is 0 Å². The van der Waals surface area contributed by atoms with E-state index < -0.39 is 15.9 Å². The van der Waals surface area contributed by atoms with E-state index in [2.05, 4.69) is 6.92 Å². The van der Waals surface area contributed by atoms with Crippen LogP contribution in [-0.2, 0) is 14.3 Å². The van der Waals surface area contributed by atoms with Gasteiger partial charge in [-0.05, 0) is 12.5 Å². The molecule has 0 amide bonds. The third-order valence-electron chi connectivity index (χ3n) is 5.92. The molecular weight excluding hydrogens is 447 g/mol. The summed E-state index contributed by atoms with van der Waals surface area (Å²) >= 11 is 0. The predicted molar refractivity (Wildman–Crippen MR) is 132 cm³/mol. The maximum absolute atomic E-state index is 13.0. The molecule has 2 aromatic carbocycles. The summed E-state index contributed by atoms with van der Waals surface area (Å²) in [5.41, 5.74) is 0.546. The van der Waals surface area contributed by atoms with Gasteiger partial charge in [0.05, 0.1) is 12.2 Å². The van der Waals surface area contributed by atoms with Crippen LogP contribution in [0.1, 0.15) is 103 Å². The molecule has 0 N–H and O–H groups in total. The van der Waals surface area contributed by atoms with E-state index in [1.165, 1.54) is 56.7 Å². The molecule has 0 fully saturated rings. The Morgan fingerprint density at radius 3 is 1.79 bits per heavy atom. The first-order valence-corrected chi connectivity index (χ1v) is 13.1. The van der Waals surface area contributed by atoms with E-state index >= 15 is 0 Å². The summed E-state index contributed by atoms with van der Waals surface area (Å²) in [5.74, 6) is -0.807. The third kappa shape index (κ3) is 7.09. The standard InChI is InChI=1S/C26H32O5S.Na.H/c1-2-3-4-5-6-7-8-9-10-13-19-31-32(29,30)23-18-14-17-22-24(23)26(28)21-16-12-11-15-20(21)25(22)27;;/h11-12,14-18H,2-10,13,19H2,1H3;;. The molecule has 3 rings (SSSR count). The Bertz CT molecular complexity index is 1060. The van der Waals surface area contributed by atoms with E-state index in [1.54, 1.807) is 24.3 Å². The first-order valence-electron chi connectivity index (χ1n) is 11.7. The second-order valence-electron chi connectivity index (χ2n) is 8.34. The average molecular weight is 481 g/mol. The van der Waals surface area contributed by atoms with E-state index in [1.807, 2.05) is 0 Å². The fourth-order valence-electron chi connectivity index (χ4n) is 4.14. The molecule has 33 heavy (non-hydrogen) atoms. The Balaban J connectivity index is 0.00000385. The molecule has 0 saturated carbocycles. The van der Waals surface area contributed by atoms with Crippen LogP contribution >= 0.6 is 0 Å². The summed E-state index contributed by atoms with van der Waals surface area (Å²) in [6.45, 7) is 2.28. The van der Waals surface area contributed by atoms with Crippen molar-refractivity contribution in [1.82, 2.24) is 0 Å². The van der Waals surface area contributed by atoms with Crippen molar-refractivity contribution in [1.29, 1.82) is 0 Å². The summed E-state index contributed by atoms with van der Waals surface area (Å²) < 4.78 is 30.9. The summed E-state index contributed by atoms with van der Waals surface area (Å²) in [5, 5.41) is 0. The molecule has 0 saturated heterocycles. The van der Waals surface area contributed by atoms with Crippen molar-refractivity contribution in [2.24, 2.45) is 0 Å². The summed E-state index contributed by atoms with van der Waals surface area (Å²) in [7, 11) is -4.14. The van der Waals surface area contributed by atoms with E-state index in [-0.39, 0.29) is 63.5 Å². The van der Waals surface area contributed by atoms with Crippen molar-refractivity contribution in [3.05, 3.63) is 64.7 Å². The number of ketones is 2. The van der Waals surface area contributed by atoms with E-state index in [9.17, 15) is 18.0 Å². The minimum atomic E-state index is -4.14.